The molecule has 2 rings (SSSR count). The highest BCUT2D eigenvalue weighted by molar-refractivity contribution is 5.15. The van der Waals surface area contributed by atoms with Crippen LogP contribution in [0.3, 0.4) is 0 Å². The van der Waals surface area contributed by atoms with Gasteiger partial charge in [0.2, 0.25) is 0 Å². The van der Waals surface area contributed by atoms with Crippen LogP contribution in [0.25, 0.3) is 0 Å². The van der Waals surface area contributed by atoms with Crippen molar-refractivity contribution in [3.05, 3.63) is 11.6 Å². The normalized spacial score (nSPS) is 41.8. The molecule has 0 spiro atoms. The van der Waals surface area contributed by atoms with Gasteiger partial charge < -0.3 is 5.11 Å². The van der Waals surface area contributed by atoms with Crippen LogP contribution >= 0.6 is 0 Å². The van der Waals surface area contributed by atoms with Gasteiger partial charge in [-0.05, 0) is 38.0 Å². The zero-order chi connectivity index (χ0) is 8.55. The van der Waals surface area contributed by atoms with E-state index in [0.717, 1.165) is 12.3 Å². The Bertz CT molecular complexity index is 195. The molecule has 1 fully saturated rings. The summed E-state index contributed by atoms with van der Waals surface area (Å²) in [6.45, 7) is 2.28. The minimum atomic E-state index is -0.0301. The summed E-state index contributed by atoms with van der Waals surface area (Å²) < 4.78 is 0. The van der Waals surface area contributed by atoms with Crippen LogP contribution in [0.5, 0.6) is 0 Å². The first-order chi connectivity index (χ1) is 5.77. The van der Waals surface area contributed by atoms with Crippen molar-refractivity contribution in [2.45, 2.75) is 45.1 Å². The highest BCUT2D eigenvalue weighted by Gasteiger charge is 2.29. The van der Waals surface area contributed by atoms with E-state index in [1.165, 1.54) is 25.7 Å². The van der Waals surface area contributed by atoms with Gasteiger partial charge in [-0.2, -0.15) is 0 Å². The topological polar surface area (TPSA) is 20.2 Å². The SMILES string of the molecule is CC1C=C2CCCC(O)C2CC1. The maximum Gasteiger partial charge on any atom is 0.0605 e. The van der Waals surface area contributed by atoms with E-state index in [2.05, 4.69) is 13.0 Å². The highest BCUT2D eigenvalue weighted by Crippen LogP contribution is 2.38. The first-order valence-corrected chi connectivity index (χ1v) is 5.16. The number of rotatable bonds is 0. The summed E-state index contributed by atoms with van der Waals surface area (Å²) in [6.07, 6.45) is 8.31. The monoisotopic (exact) mass is 166 g/mol. The molecule has 0 radical (unpaired) electrons. The minimum Gasteiger partial charge on any atom is -0.393 e. The average molecular weight is 166 g/mol. The van der Waals surface area contributed by atoms with Crippen LogP contribution in [0.1, 0.15) is 39.0 Å². The fourth-order valence-electron chi connectivity index (χ4n) is 2.62. The van der Waals surface area contributed by atoms with Gasteiger partial charge >= 0.3 is 0 Å². The van der Waals surface area contributed by atoms with Crippen LogP contribution in [0.2, 0.25) is 0 Å². The molecule has 0 heterocycles. The molecule has 1 nitrogen and oxygen atoms in total. The van der Waals surface area contributed by atoms with Gasteiger partial charge in [-0.1, -0.05) is 18.6 Å². The number of aliphatic hydroxyl groups excluding tert-OH is 1. The summed E-state index contributed by atoms with van der Waals surface area (Å²) >= 11 is 0. The summed E-state index contributed by atoms with van der Waals surface area (Å²) in [5, 5.41) is 9.75. The van der Waals surface area contributed by atoms with E-state index in [1.54, 1.807) is 5.57 Å². The smallest absolute Gasteiger partial charge is 0.0605 e. The Kier molecular flexibility index (Phi) is 2.22. The molecule has 1 N–H and O–H groups in total. The van der Waals surface area contributed by atoms with Gasteiger partial charge in [0, 0.05) is 5.92 Å². The third kappa shape index (κ3) is 1.42. The molecule has 0 aromatic heterocycles. The van der Waals surface area contributed by atoms with E-state index in [4.69, 9.17) is 0 Å². The number of hydrogen-bond acceptors (Lipinski definition) is 1. The Morgan fingerprint density at radius 2 is 2.17 bits per heavy atom. The Morgan fingerprint density at radius 1 is 1.33 bits per heavy atom. The summed E-state index contributed by atoms with van der Waals surface area (Å²) in [5.74, 6) is 1.27. The Balaban J connectivity index is 2.15. The van der Waals surface area contributed by atoms with Gasteiger partial charge in [-0.15, -0.1) is 0 Å². The third-order valence-corrected chi connectivity index (χ3v) is 3.34. The van der Waals surface area contributed by atoms with Crippen molar-refractivity contribution in [3.8, 4) is 0 Å². The van der Waals surface area contributed by atoms with Crippen molar-refractivity contribution >= 4 is 0 Å². The van der Waals surface area contributed by atoms with Gasteiger partial charge in [0.1, 0.15) is 0 Å². The first kappa shape index (κ1) is 8.31. The number of fused-ring (bicyclic) bond motifs is 1. The van der Waals surface area contributed by atoms with Crippen LogP contribution < -0.4 is 0 Å². The summed E-state index contributed by atoms with van der Waals surface area (Å²) in [6, 6.07) is 0. The summed E-state index contributed by atoms with van der Waals surface area (Å²) in [4.78, 5) is 0. The molecule has 0 aromatic carbocycles. The van der Waals surface area contributed by atoms with Crippen molar-refractivity contribution in [2.24, 2.45) is 11.8 Å². The van der Waals surface area contributed by atoms with Crippen molar-refractivity contribution in [1.29, 1.82) is 0 Å². The first-order valence-electron chi connectivity index (χ1n) is 5.16. The van der Waals surface area contributed by atoms with E-state index in [-0.39, 0.29) is 6.10 Å². The van der Waals surface area contributed by atoms with Crippen LogP contribution in [0, 0.1) is 11.8 Å². The lowest BCUT2D eigenvalue weighted by Crippen LogP contribution is -2.29. The summed E-state index contributed by atoms with van der Waals surface area (Å²) in [7, 11) is 0. The molecule has 0 aliphatic heterocycles. The zero-order valence-corrected chi connectivity index (χ0v) is 7.79. The van der Waals surface area contributed by atoms with Crippen LogP contribution in [0.15, 0.2) is 11.6 Å². The maximum atomic E-state index is 9.75. The molecule has 0 saturated heterocycles. The predicted octanol–water partition coefficient (Wildman–Crippen LogP) is 2.50. The molecule has 1 saturated carbocycles. The van der Waals surface area contributed by atoms with E-state index in [0.29, 0.717) is 5.92 Å². The van der Waals surface area contributed by atoms with E-state index in [1.807, 2.05) is 0 Å². The van der Waals surface area contributed by atoms with Crippen molar-refractivity contribution in [3.63, 3.8) is 0 Å². The Hall–Kier alpha value is -0.300. The lowest BCUT2D eigenvalue weighted by molar-refractivity contribution is 0.0866. The molecule has 68 valence electrons. The van der Waals surface area contributed by atoms with Crippen LogP contribution in [-0.4, -0.2) is 11.2 Å². The fraction of sp³-hybridized carbons (Fsp3) is 0.818. The van der Waals surface area contributed by atoms with Crippen molar-refractivity contribution < 1.29 is 5.11 Å². The molecule has 2 aliphatic carbocycles. The molecule has 0 amide bonds. The molecular weight excluding hydrogens is 148 g/mol. The predicted molar refractivity (Wildman–Crippen MR) is 49.8 cm³/mol. The number of allylic oxidation sites excluding steroid dienone is 1. The molecule has 0 aromatic rings. The number of aliphatic hydroxyl groups is 1. The number of hydrogen-bond donors (Lipinski definition) is 1. The van der Waals surface area contributed by atoms with E-state index >= 15 is 0 Å². The lowest BCUT2D eigenvalue weighted by Gasteiger charge is -2.35. The van der Waals surface area contributed by atoms with E-state index < -0.39 is 0 Å². The minimum absolute atomic E-state index is 0.0301. The lowest BCUT2D eigenvalue weighted by atomic mass is 9.73. The zero-order valence-electron chi connectivity index (χ0n) is 7.79. The van der Waals surface area contributed by atoms with E-state index in [9.17, 15) is 5.11 Å². The van der Waals surface area contributed by atoms with Gasteiger partial charge in [0.25, 0.3) is 0 Å². The Labute approximate surface area is 74.5 Å². The van der Waals surface area contributed by atoms with Gasteiger partial charge in [-0.3, -0.25) is 0 Å². The third-order valence-electron chi connectivity index (χ3n) is 3.34. The van der Waals surface area contributed by atoms with Crippen molar-refractivity contribution in [2.75, 3.05) is 0 Å². The fourth-order valence-corrected chi connectivity index (χ4v) is 2.62. The molecule has 2 aliphatic rings. The van der Waals surface area contributed by atoms with Crippen LogP contribution in [-0.2, 0) is 0 Å². The molecule has 1 heteroatoms. The largest absolute Gasteiger partial charge is 0.393 e. The quantitative estimate of drug-likeness (QED) is 0.548. The second kappa shape index (κ2) is 3.21. The highest BCUT2D eigenvalue weighted by atomic mass is 16.3. The van der Waals surface area contributed by atoms with Gasteiger partial charge in [0.15, 0.2) is 0 Å². The van der Waals surface area contributed by atoms with Crippen molar-refractivity contribution in [1.82, 2.24) is 0 Å². The second-order valence-electron chi connectivity index (χ2n) is 4.36. The average Bonchev–Trinajstić information content (AvgIpc) is 2.04. The maximum absolute atomic E-state index is 9.75. The second-order valence-corrected chi connectivity index (χ2v) is 4.36. The Morgan fingerprint density at radius 3 is 3.00 bits per heavy atom. The molecule has 0 bridgehead atoms. The standard InChI is InChI=1S/C11H18O/c1-8-5-6-10-9(7-8)3-2-4-11(10)12/h7-8,10-12H,2-6H2,1H3. The van der Waals surface area contributed by atoms with Gasteiger partial charge in [0.05, 0.1) is 6.10 Å². The molecular formula is C11H18O. The molecule has 3 unspecified atom stereocenters. The summed E-state index contributed by atoms with van der Waals surface area (Å²) in [5.41, 5.74) is 1.55. The molecule has 3 atom stereocenters. The molecule has 12 heavy (non-hydrogen) atoms. The van der Waals surface area contributed by atoms with Crippen LogP contribution in [0.4, 0.5) is 0 Å². The van der Waals surface area contributed by atoms with Gasteiger partial charge in [-0.25, -0.2) is 0 Å².